The molecule has 134 valence electrons. The van der Waals surface area contributed by atoms with Crippen molar-refractivity contribution in [3.05, 3.63) is 58.1 Å². The Morgan fingerprint density at radius 2 is 1.88 bits per heavy atom. The van der Waals surface area contributed by atoms with Crippen LogP contribution in [-0.2, 0) is 21.3 Å². The first-order chi connectivity index (χ1) is 11.8. The Balaban J connectivity index is 2.26. The molecular weight excluding hydrogens is 366 g/mol. The Labute approximate surface area is 151 Å². The fourth-order valence-electron chi connectivity index (χ4n) is 2.25. The van der Waals surface area contributed by atoms with Crippen molar-refractivity contribution in [1.82, 2.24) is 4.72 Å². The lowest BCUT2D eigenvalue weighted by Crippen LogP contribution is -2.24. The highest BCUT2D eigenvalue weighted by atomic mass is 35.5. The fourth-order valence-corrected chi connectivity index (χ4v) is 3.78. The number of benzene rings is 2. The van der Waals surface area contributed by atoms with Gasteiger partial charge in [-0.1, -0.05) is 23.7 Å². The van der Waals surface area contributed by atoms with E-state index < -0.39 is 16.0 Å². The van der Waals surface area contributed by atoms with Crippen LogP contribution in [0.3, 0.4) is 0 Å². The van der Waals surface area contributed by atoms with Gasteiger partial charge in [0.05, 0.1) is 19.1 Å². The molecule has 0 atom stereocenters. The maximum atomic E-state index is 12.5. The minimum absolute atomic E-state index is 0.00226. The molecule has 0 aliphatic rings. The van der Waals surface area contributed by atoms with Gasteiger partial charge in [0, 0.05) is 11.6 Å². The van der Waals surface area contributed by atoms with E-state index in [0.29, 0.717) is 21.9 Å². The van der Waals surface area contributed by atoms with Crippen molar-refractivity contribution in [3.63, 3.8) is 0 Å². The highest BCUT2D eigenvalue weighted by Gasteiger charge is 2.18. The molecule has 0 fully saturated rings. The van der Waals surface area contributed by atoms with E-state index in [-0.39, 0.29) is 17.0 Å². The molecule has 0 heterocycles. The highest BCUT2D eigenvalue weighted by molar-refractivity contribution is 7.89. The predicted molar refractivity (Wildman–Crippen MR) is 94.5 cm³/mol. The zero-order chi connectivity index (χ0) is 18.6. The van der Waals surface area contributed by atoms with Gasteiger partial charge in [-0.2, -0.15) is 0 Å². The number of halogens is 1. The first kappa shape index (κ1) is 19.2. The van der Waals surface area contributed by atoms with Crippen molar-refractivity contribution < 1.29 is 22.7 Å². The number of rotatable bonds is 6. The minimum Gasteiger partial charge on any atom is -0.496 e. The maximum Gasteiger partial charge on any atom is 0.341 e. The summed E-state index contributed by atoms with van der Waals surface area (Å²) in [6, 6.07) is 9.44. The normalized spacial score (nSPS) is 11.2. The number of carbonyl (C=O) groups excluding carboxylic acids is 1. The van der Waals surface area contributed by atoms with Crippen molar-refractivity contribution in [2.24, 2.45) is 0 Å². The number of hydrogen-bond acceptors (Lipinski definition) is 5. The summed E-state index contributed by atoms with van der Waals surface area (Å²) < 4.78 is 37.3. The van der Waals surface area contributed by atoms with Gasteiger partial charge in [0.25, 0.3) is 0 Å². The Morgan fingerprint density at radius 3 is 2.52 bits per heavy atom. The van der Waals surface area contributed by atoms with Crippen molar-refractivity contribution in [2.75, 3.05) is 14.2 Å². The third-order valence-corrected chi connectivity index (χ3v) is 5.35. The predicted octanol–water partition coefficient (Wildman–Crippen LogP) is 2.92. The van der Waals surface area contributed by atoms with Gasteiger partial charge >= 0.3 is 5.97 Å². The zero-order valence-corrected chi connectivity index (χ0v) is 15.6. The van der Waals surface area contributed by atoms with Crippen LogP contribution < -0.4 is 9.46 Å². The van der Waals surface area contributed by atoms with Crippen LogP contribution in [0.2, 0.25) is 5.02 Å². The smallest absolute Gasteiger partial charge is 0.341 e. The number of aryl methyl sites for hydroxylation is 1. The van der Waals surface area contributed by atoms with E-state index in [4.69, 9.17) is 21.1 Å². The van der Waals surface area contributed by atoms with E-state index >= 15 is 0 Å². The molecule has 0 spiro atoms. The van der Waals surface area contributed by atoms with Gasteiger partial charge < -0.3 is 9.47 Å². The van der Waals surface area contributed by atoms with Crippen molar-refractivity contribution in [1.29, 1.82) is 0 Å². The van der Waals surface area contributed by atoms with Crippen molar-refractivity contribution >= 4 is 27.6 Å². The molecule has 6 nitrogen and oxygen atoms in total. The Bertz CT molecular complexity index is 896. The molecule has 0 unspecified atom stereocenters. The van der Waals surface area contributed by atoms with E-state index in [2.05, 4.69) is 4.72 Å². The Hall–Kier alpha value is -2.09. The van der Waals surface area contributed by atoms with Crippen LogP contribution in [0.1, 0.15) is 21.5 Å². The summed E-state index contributed by atoms with van der Waals surface area (Å²) in [6.45, 7) is 1.69. The summed E-state index contributed by atoms with van der Waals surface area (Å²) in [6.07, 6.45) is 0. The number of sulfonamides is 1. The molecule has 0 aliphatic carbocycles. The quantitative estimate of drug-likeness (QED) is 0.775. The van der Waals surface area contributed by atoms with Crippen LogP contribution in [0, 0.1) is 6.92 Å². The van der Waals surface area contributed by atoms with E-state index in [0.717, 1.165) is 0 Å². The third kappa shape index (κ3) is 4.50. The van der Waals surface area contributed by atoms with Crippen LogP contribution in [0.25, 0.3) is 0 Å². The van der Waals surface area contributed by atoms with Crippen molar-refractivity contribution in [3.8, 4) is 5.75 Å². The van der Waals surface area contributed by atoms with E-state index in [1.807, 2.05) is 0 Å². The highest BCUT2D eigenvalue weighted by Crippen LogP contribution is 2.22. The Kier molecular flexibility index (Phi) is 6.05. The molecule has 0 bridgehead atoms. The summed E-state index contributed by atoms with van der Waals surface area (Å²) in [5.41, 5.74) is 1.40. The number of ether oxygens (including phenoxy) is 2. The number of esters is 1. The molecule has 0 amide bonds. The second kappa shape index (κ2) is 7.86. The van der Waals surface area contributed by atoms with Gasteiger partial charge in [0.15, 0.2) is 0 Å². The standard InChI is InChI=1S/C17H18ClNO5S/c1-11-4-6-13(18)9-16(11)25(21,22)19-10-12-5-7-15(23-2)14(8-12)17(20)24-3/h4-9,19H,10H2,1-3H3. The van der Waals surface area contributed by atoms with E-state index in [9.17, 15) is 13.2 Å². The molecule has 0 saturated carbocycles. The zero-order valence-electron chi connectivity index (χ0n) is 14.0. The van der Waals surface area contributed by atoms with Gasteiger partial charge in [-0.15, -0.1) is 0 Å². The second-order valence-electron chi connectivity index (χ2n) is 5.26. The lowest BCUT2D eigenvalue weighted by Gasteiger charge is -2.12. The molecular formula is C17H18ClNO5S. The molecule has 0 aromatic heterocycles. The first-order valence-electron chi connectivity index (χ1n) is 7.29. The van der Waals surface area contributed by atoms with Gasteiger partial charge in [-0.25, -0.2) is 17.9 Å². The lowest BCUT2D eigenvalue weighted by atomic mass is 10.1. The van der Waals surface area contributed by atoms with Crippen LogP contribution in [0.5, 0.6) is 5.75 Å². The van der Waals surface area contributed by atoms with Gasteiger partial charge in [-0.3, -0.25) is 0 Å². The molecule has 2 rings (SSSR count). The SMILES string of the molecule is COC(=O)c1cc(CNS(=O)(=O)c2cc(Cl)ccc2C)ccc1OC. The maximum absolute atomic E-state index is 12.5. The molecule has 0 saturated heterocycles. The number of nitrogens with one attached hydrogen (secondary N) is 1. The topological polar surface area (TPSA) is 81.7 Å². The van der Waals surface area contributed by atoms with Gasteiger partial charge in [0.2, 0.25) is 10.0 Å². The summed E-state index contributed by atoms with van der Waals surface area (Å²) >= 11 is 5.89. The fraction of sp³-hybridized carbons (Fsp3) is 0.235. The minimum atomic E-state index is -3.75. The van der Waals surface area contributed by atoms with E-state index in [1.165, 1.54) is 26.4 Å². The van der Waals surface area contributed by atoms with Crippen LogP contribution in [-0.4, -0.2) is 28.6 Å². The number of carbonyl (C=O) groups is 1. The molecule has 2 aromatic rings. The molecule has 8 heteroatoms. The summed E-state index contributed by atoms with van der Waals surface area (Å²) in [5, 5.41) is 0.336. The van der Waals surface area contributed by atoms with Crippen LogP contribution >= 0.6 is 11.6 Å². The molecule has 0 radical (unpaired) electrons. The van der Waals surface area contributed by atoms with Gasteiger partial charge in [-0.05, 0) is 42.3 Å². The number of methoxy groups -OCH3 is 2. The average Bonchev–Trinajstić information content (AvgIpc) is 2.61. The van der Waals surface area contributed by atoms with Gasteiger partial charge in [0.1, 0.15) is 11.3 Å². The average molecular weight is 384 g/mol. The largest absolute Gasteiger partial charge is 0.496 e. The lowest BCUT2D eigenvalue weighted by molar-refractivity contribution is 0.0597. The summed E-state index contributed by atoms with van der Waals surface area (Å²) in [5.74, 6) is -0.212. The monoisotopic (exact) mass is 383 g/mol. The molecule has 2 aromatic carbocycles. The second-order valence-corrected chi connectivity index (χ2v) is 7.43. The first-order valence-corrected chi connectivity index (χ1v) is 9.15. The third-order valence-electron chi connectivity index (χ3n) is 3.58. The molecule has 25 heavy (non-hydrogen) atoms. The molecule has 1 N–H and O–H groups in total. The van der Waals surface area contributed by atoms with Crippen LogP contribution in [0.4, 0.5) is 0 Å². The van der Waals surface area contributed by atoms with E-state index in [1.54, 1.807) is 31.2 Å². The number of hydrogen-bond donors (Lipinski definition) is 1. The molecule has 0 aliphatic heterocycles. The van der Waals surface area contributed by atoms with Crippen LogP contribution in [0.15, 0.2) is 41.3 Å². The summed E-state index contributed by atoms with van der Waals surface area (Å²) in [7, 11) is -1.05. The summed E-state index contributed by atoms with van der Waals surface area (Å²) in [4.78, 5) is 11.9. The van der Waals surface area contributed by atoms with Crippen molar-refractivity contribution in [2.45, 2.75) is 18.4 Å². The Morgan fingerprint density at radius 1 is 1.16 bits per heavy atom.